The van der Waals surface area contributed by atoms with Crippen LogP contribution in [0.4, 0.5) is 0 Å². The molecule has 2 aliphatic rings. The van der Waals surface area contributed by atoms with Crippen LogP contribution in [0.5, 0.6) is 17.2 Å². The highest BCUT2D eigenvalue weighted by Gasteiger charge is 2.56. The van der Waals surface area contributed by atoms with Crippen molar-refractivity contribution in [2.45, 2.75) is 6.42 Å². The number of hydrogen-bond acceptors (Lipinski definition) is 5. The Morgan fingerprint density at radius 3 is 2.15 bits per heavy atom. The average Bonchev–Trinajstić information content (AvgIpc) is 3.62. The number of likely N-dealkylation sites (tertiary alicyclic amines) is 2. The number of H-pyrrole nitrogens is 1. The highest BCUT2D eigenvalue weighted by molar-refractivity contribution is 5.94. The number of nitrogens with one attached hydrogen (secondary N) is 1. The minimum absolute atomic E-state index is 0.0420. The molecule has 0 saturated carbocycles. The van der Waals surface area contributed by atoms with Crippen molar-refractivity contribution in [3.63, 3.8) is 0 Å². The van der Waals surface area contributed by atoms with Crippen molar-refractivity contribution in [3.8, 4) is 17.2 Å². The van der Waals surface area contributed by atoms with Crippen molar-refractivity contribution in [1.82, 2.24) is 20.0 Å². The lowest BCUT2D eigenvalue weighted by molar-refractivity contribution is -0.130. The standard InChI is InChI=1S/C31H30N4O4/c36-29(15-23-11-13-28(14-12-23)39-27-9-5-2-6-10-27)34-18-25(19-38-26-7-3-1-4-8-26)31(20-34)21-35(22-31)30(37)24-16-32-33-17-24/h1-14,16-17,25H,15,18-22H2,(H,32,33). The number of amides is 2. The predicted molar refractivity (Wildman–Crippen MR) is 146 cm³/mol. The Morgan fingerprint density at radius 1 is 0.846 bits per heavy atom. The summed E-state index contributed by atoms with van der Waals surface area (Å²) in [7, 11) is 0. The summed E-state index contributed by atoms with van der Waals surface area (Å²) in [5, 5.41) is 6.60. The zero-order chi connectivity index (χ0) is 26.7. The third-order valence-electron chi connectivity index (χ3n) is 7.66. The fraction of sp³-hybridized carbons (Fsp3) is 0.258. The summed E-state index contributed by atoms with van der Waals surface area (Å²) >= 11 is 0. The highest BCUT2D eigenvalue weighted by Crippen LogP contribution is 2.45. The molecule has 39 heavy (non-hydrogen) atoms. The van der Waals surface area contributed by atoms with Crippen LogP contribution in [0.15, 0.2) is 97.3 Å². The van der Waals surface area contributed by atoms with Gasteiger partial charge in [0.25, 0.3) is 5.91 Å². The van der Waals surface area contributed by atoms with Gasteiger partial charge >= 0.3 is 0 Å². The molecule has 2 fully saturated rings. The number of carbonyl (C=O) groups excluding carboxylic acids is 2. The molecule has 8 heteroatoms. The van der Waals surface area contributed by atoms with E-state index in [-0.39, 0.29) is 23.1 Å². The number of hydrogen-bond donors (Lipinski definition) is 1. The second-order valence-electron chi connectivity index (χ2n) is 10.3. The van der Waals surface area contributed by atoms with Gasteiger partial charge in [-0.1, -0.05) is 48.5 Å². The summed E-state index contributed by atoms with van der Waals surface area (Å²) in [6, 6.07) is 27.0. The maximum absolute atomic E-state index is 13.4. The molecule has 8 nitrogen and oxygen atoms in total. The monoisotopic (exact) mass is 522 g/mol. The number of aromatic nitrogens is 2. The Bertz CT molecular complexity index is 1400. The van der Waals surface area contributed by atoms with Crippen molar-refractivity contribution in [2.75, 3.05) is 32.8 Å². The number of carbonyl (C=O) groups is 2. The van der Waals surface area contributed by atoms with Crippen LogP contribution in [0.2, 0.25) is 0 Å². The molecule has 1 aromatic heterocycles. The Hall–Kier alpha value is -4.59. The van der Waals surface area contributed by atoms with Gasteiger partial charge in [0.2, 0.25) is 5.91 Å². The van der Waals surface area contributed by atoms with Crippen molar-refractivity contribution in [2.24, 2.45) is 11.3 Å². The largest absolute Gasteiger partial charge is 0.493 e. The zero-order valence-electron chi connectivity index (χ0n) is 21.5. The van der Waals surface area contributed by atoms with Crippen molar-refractivity contribution in [1.29, 1.82) is 0 Å². The molecule has 4 aromatic rings. The van der Waals surface area contributed by atoms with E-state index in [1.54, 1.807) is 12.4 Å². The van der Waals surface area contributed by atoms with Gasteiger partial charge in [0.1, 0.15) is 17.2 Å². The lowest BCUT2D eigenvalue weighted by Crippen LogP contribution is -2.62. The fourth-order valence-electron chi connectivity index (χ4n) is 5.52. The Morgan fingerprint density at radius 2 is 1.49 bits per heavy atom. The number of ether oxygens (including phenoxy) is 2. The van der Waals surface area contributed by atoms with Crippen LogP contribution in [0.1, 0.15) is 15.9 Å². The van der Waals surface area contributed by atoms with Crippen molar-refractivity contribution >= 4 is 11.8 Å². The second-order valence-corrected chi connectivity index (χ2v) is 10.3. The molecule has 1 unspecified atom stereocenters. The summed E-state index contributed by atoms with van der Waals surface area (Å²) in [5.41, 5.74) is 1.30. The van der Waals surface area contributed by atoms with Gasteiger partial charge in [0, 0.05) is 43.7 Å². The van der Waals surface area contributed by atoms with Crippen LogP contribution in [0.3, 0.4) is 0 Å². The molecule has 2 saturated heterocycles. The molecule has 1 spiro atoms. The Kier molecular flexibility index (Phi) is 6.75. The molecule has 2 amide bonds. The smallest absolute Gasteiger partial charge is 0.257 e. The zero-order valence-corrected chi connectivity index (χ0v) is 21.5. The third-order valence-corrected chi connectivity index (χ3v) is 7.66. The van der Waals surface area contributed by atoms with E-state index in [4.69, 9.17) is 9.47 Å². The topological polar surface area (TPSA) is 87.8 Å². The molecule has 1 N–H and O–H groups in total. The molecular formula is C31H30N4O4. The fourth-order valence-corrected chi connectivity index (χ4v) is 5.52. The van der Waals surface area contributed by atoms with Crippen LogP contribution in [0, 0.1) is 11.3 Å². The lowest BCUT2D eigenvalue weighted by atomic mass is 9.71. The van der Waals surface area contributed by atoms with E-state index in [0.29, 0.717) is 44.8 Å². The quantitative estimate of drug-likeness (QED) is 0.370. The summed E-state index contributed by atoms with van der Waals surface area (Å²) in [5.74, 6) is 2.46. The average molecular weight is 523 g/mol. The van der Waals surface area contributed by atoms with Crippen molar-refractivity contribution in [3.05, 3.63) is 108 Å². The molecule has 2 aliphatic heterocycles. The van der Waals surface area contributed by atoms with E-state index < -0.39 is 0 Å². The van der Waals surface area contributed by atoms with Gasteiger partial charge < -0.3 is 19.3 Å². The first-order valence-electron chi connectivity index (χ1n) is 13.1. The van der Waals surface area contributed by atoms with E-state index in [1.165, 1.54) is 0 Å². The first-order valence-corrected chi connectivity index (χ1v) is 13.1. The number of para-hydroxylation sites is 2. The summed E-state index contributed by atoms with van der Waals surface area (Å²) in [4.78, 5) is 30.0. The van der Waals surface area contributed by atoms with Gasteiger partial charge in [-0.05, 0) is 42.0 Å². The van der Waals surface area contributed by atoms with Crippen LogP contribution in [0.25, 0.3) is 0 Å². The molecule has 198 valence electrons. The maximum atomic E-state index is 13.4. The van der Waals surface area contributed by atoms with E-state index >= 15 is 0 Å². The number of benzene rings is 3. The van der Waals surface area contributed by atoms with E-state index in [2.05, 4.69) is 10.2 Å². The van der Waals surface area contributed by atoms with Crippen LogP contribution < -0.4 is 9.47 Å². The summed E-state index contributed by atoms with van der Waals surface area (Å²) < 4.78 is 12.0. The summed E-state index contributed by atoms with van der Waals surface area (Å²) in [6.45, 7) is 2.89. The van der Waals surface area contributed by atoms with E-state index in [0.717, 1.165) is 22.8 Å². The molecule has 0 bridgehead atoms. The molecule has 1 atom stereocenters. The first kappa shape index (κ1) is 24.7. The Balaban J connectivity index is 1.11. The third kappa shape index (κ3) is 5.36. The Labute approximate surface area is 227 Å². The van der Waals surface area contributed by atoms with Crippen LogP contribution in [-0.4, -0.2) is 64.6 Å². The highest BCUT2D eigenvalue weighted by atomic mass is 16.5. The van der Waals surface area contributed by atoms with Crippen LogP contribution >= 0.6 is 0 Å². The SMILES string of the molecule is O=C(Cc1ccc(Oc2ccccc2)cc1)N1CC(COc2ccccc2)C2(C1)CN(C(=O)c1cn[nH]c1)C2. The predicted octanol–water partition coefficient (Wildman–Crippen LogP) is 4.42. The molecule has 3 heterocycles. The van der Waals surface area contributed by atoms with E-state index in [1.807, 2.05) is 94.7 Å². The number of aromatic amines is 1. The maximum Gasteiger partial charge on any atom is 0.257 e. The molecular weight excluding hydrogens is 492 g/mol. The molecule has 0 aliphatic carbocycles. The molecule has 6 rings (SSSR count). The van der Waals surface area contributed by atoms with Gasteiger partial charge in [-0.25, -0.2) is 0 Å². The number of rotatable bonds is 8. The van der Waals surface area contributed by atoms with Crippen LogP contribution in [-0.2, 0) is 11.2 Å². The van der Waals surface area contributed by atoms with Gasteiger partial charge in [-0.15, -0.1) is 0 Å². The van der Waals surface area contributed by atoms with E-state index in [9.17, 15) is 9.59 Å². The van der Waals surface area contributed by atoms with Gasteiger partial charge in [0.15, 0.2) is 0 Å². The second kappa shape index (κ2) is 10.6. The molecule has 3 aromatic carbocycles. The molecule has 0 radical (unpaired) electrons. The van der Waals surface area contributed by atoms with Gasteiger partial charge in [0.05, 0.1) is 24.8 Å². The van der Waals surface area contributed by atoms with Gasteiger partial charge in [-0.2, -0.15) is 5.10 Å². The minimum atomic E-state index is -0.183. The lowest BCUT2D eigenvalue weighted by Gasteiger charge is -2.50. The first-order chi connectivity index (χ1) is 19.1. The van der Waals surface area contributed by atoms with Gasteiger partial charge in [-0.3, -0.25) is 14.7 Å². The summed E-state index contributed by atoms with van der Waals surface area (Å²) in [6.07, 6.45) is 3.47. The van der Waals surface area contributed by atoms with Crippen molar-refractivity contribution < 1.29 is 19.1 Å². The minimum Gasteiger partial charge on any atom is -0.493 e. The number of nitrogens with zero attached hydrogens (tertiary/aromatic N) is 3. The normalized spacial score (nSPS) is 17.6.